The van der Waals surface area contributed by atoms with Crippen LogP contribution in [0.25, 0.3) is 11.1 Å². The number of fused-ring (bicyclic) bond motifs is 1. The maximum Gasteiger partial charge on any atom is 0.338 e. The molecule has 0 aromatic heterocycles. The van der Waals surface area contributed by atoms with Gasteiger partial charge in [-0.05, 0) is 37.6 Å². The number of carbonyl (C=O) groups is 2. The predicted molar refractivity (Wildman–Crippen MR) is 96.1 cm³/mol. The Labute approximate surface area is 151 Å². The Hall–Kier alpha value is -2.89. The summed E-state index contributed by atoms with van der Waals surface area (Å²) in [6, 6.07) is 7.66. The summed E-state index contributed by atoms with van der Waals surface area (Å²) < 4.78 is 23.8. The molecule has 0 spiro atoms. The summed E-state index contributed by atoms with van der Waals surface area (Å²) in [5.41, 5.74) is 1.93. The van der Waals surface area contributed by atoms with Gasteiger partial charge in [-0.2, -0.15) is 0 Å². The summed E-state index contributed by atoms with van der Waals surface area (Å²) in [4.78, 5) is 25.0. The molecule has 0 saturated heterocycles. The van der Waals surface area contributed by atoms with E-state index in [1.807, 2.05) is 6.07 Å². The molecule has 0 aliphatic carbocycles. The van der Waals surface area contributed by atoms with Crippen molar-refractivity contribution in [2.45, 2.75) is 25.8 Å². The van der Waals surface area contributed by atoms with Crippen molar-refractivity contribution in [3.63, 3.8) is 0 Å². The number of halogens is 1. The van der Waals surface area contributed by atoms with Crippen LogP contribution in [-0.4, -0.2) is 31.5 Å². The number of carbonyl (C=O) groups excluding carboxylic acids is 2. The minimum absolute atomic E-state index is 0.0293. The summed E-state index contributed by atoms with van der Waals surface area (Å²) in [7, 11) is 2.72. The zero-order valence-corrected chi connectivity index (χ0v) is 15.1. The minimum Gasteiger partial charge on any atom is -0.496 e. The summed E-state index contributed by atoms with van der Waals surface area (Å²) >= 11 is 0. The van der Waals surface area contributed by atoms with Gasteiger partial charge in [0.1, 0.15) is 11.6 Å². The molecule has 1 aliphatic rings. The number of nitrogens with one attached hydrogen (secondary N) is 1. The van der Waals surface area contributed by atoms with Crippen molar-refractivity contribution in [1.82, 2.24) is 0 Å². The van der Waals surface area contributed by atoms with E-state index >= 15 is 0 Å². The average Bonchev–Trinajstić information content (AvgIpc) is 2.61. The zero-order valence-electron chi connectivity index (χ0n) is 15.1. The molecule has 136 valence electrons. The first-order valence-electron chi connectivity index (χ1n) is 8.18. The van der Waals surface area contributed by atoms with E-state index in [2.05, 4.69) is 5.32 Å². The number of anilines is 1. The molecule has 26 heavy (non-hydrogen) atoms. The van der Waals surface area contributed by atoms with Gasteiger partial charge in [0.05, 0.1) is 25.3 Å². The molecule has 1 aliphatic heterocycles. The first-order chi connectivity index (χ1) is 12.3. The maximum absolute atomic E-state index is 13.6. The minimum atomic E-state index is -0.713. The van der Waals surface area contributed by atoms with E-state index < -0.39 is 17.3 Å². The molecule has 5 nitrogen and oxygen atoms in total. The lowest BCUT2D eigenvalue weighted by atomic mass is 9.83. The number of esters is 1. The van der Waals surface area contributed by atoms with Crippen LogP contribution in [0.15, 0.2) is 30.3 Å². The highest BCUT2D eigenvalue weighted by molar-refractivity contribution is 6.05. The number of ketones is 1. The Kier molecular flexibility index (Phi) is 4.44. The Bertz CT molecular complexity index is 905. The van der Waals surface area contributed by atoms with Gasteiger partial charge in [-0.3, -0.25) is 4.79 Å². The molecule has 2 aromatic rings. The number of ether oxygens (including phenoxy) is 2. The molecule has 0 fully saturated rings. The molecule has 0 saturated carbocycles. The fourth-order valence-corrected chi connectivity index (χ4v) is 3.18. The molecule has 3 rings (SSSR count). The molecule has 1 N–H and O–H groups in total. The molecular formula is C20H20FNO4. The highest BCUT2D eigenvalue weighted by atomic mass is 19.1. The fraction of sp³-hybridized carbons (Fsp3) is 0.300. The Morgan fingerprint density at radius 1 is 1.15 bits per heavy atom. The van der Waals surface area contributed by atoms with Gasteiger partial charge in [0, 0.05) is 29.3 Å². The number of hydrogen-bond acceptors (Lipinski definition) is 5. The summed E-state index contributed by atoms with van der Waals surface area (Å²) in [6.45, 7) is 3.60. The van der Waals surface area contributed by atoms with Crippen LogP contribution in [0.3, 0.4) is 0 Å². The number of hydrogen-bond donors (Lipinski definition) is 1. The first-order valence-corrected chi connectivity index (χ1v) is 8.18. The Balaban J connectivity index is 2.27. The van der Waals surface area contributed by atoms with E-state index in [9.17, 15) is 14.0 Å². The van der Waals surface area contributed by atoms with Gasteiger partial charge < -0.3 is 14.8 Å². The second-order valence-corrected chi connectivity index (χ2v) is 6.70. The summed E-state index contributed by atoms with van der Waals surface area (Å²) in [5.74, 6) is -0.733. The topological polar surface area (TPSA) is 64.6 Å². The van der Waals surface area contributed by atoms with Crippen molar-refractivity contribution in [2.24, 2.45) is 0 Å². The molecular weight excluding hydrogens is 337 g/mol. The second-order valence-electron chi connectivity index (χ2n) is 6.70. The van der Waals surface area contributed by atoms with Crippen LogP contribution >= 0.6 is 0 Å². The van der Waals surface area contributed by atoms with Gasteiger partial charge in [0.2, 0.25) is 0 Å². The molecule has 6 heteroatoms. The van der Waals surface area contributed by atoms with Gasteiger partial charge >= 0.3 is 5.97 Å². The highest BCUT2D eigenvalue weighted by Crippen LogP contribution is 2.39. The number of Topliss-reactive ketones (excluding diaryl/α,β-unsaturated/α-hetero) is 1. The third-order valence-corrected chi connectivity index (χ3v) is 4.64. The first kappa shape index (κ1) is 17.9. The maximum atomic E-state index is 13.6. The van der Waals surface area contributed by atoms with E-state index in [4.69, 9.17) is 9.47 Å². The van der Waals surface area contributed by atoms with Gasteiger partial charge in [0.25, 0.3) is 0 Å². The van der Waals surface area contributed by atoms with Crippen LogP contribution in [0.2, 0.25) is 0 Å². The quantitative estimate of drug-likeness (QED) is 0.851. The van der Waals surface area contributed by atoms with E-state index in [-0.39, 0.29) is 17.8 Å². The summed E-state index contributed by atoms with van der Waals surface area (Å²) in [6.07, 6.45) is 0.108. The van der Waals surface area contributed by atoms with Crippen molar-refractivity contribution in [1.29, 1.82) is 0 Å². The van der Waals surface area contributed by atoms with Crippen molar-refractivity contribution in [3.8, 4) is 16.9 Å². The molecule has 0 bridgehead atoms. The monoisotopic (exact) mass is 357 g/mol. The van der Waals surface area contributed by atoms with Crippen LogP contribution in [-0.2, 0) is 16.0 Å². The Morgan fingerprint density at radius 3 is 2.50 bits per heavy atom. The number of benzene rings is 2. The zero-order chi connectivity index (χ0) is 19.1. The van der Waals surface area contributed by atoms with Crippen molar-refractivity contribution >= 4 is 17.4 Å². The van der Waals surface area contributed by atoms with Gasteiger partial charge in [-0.15, -0.1) is 0 Å². The van der Waals surface area contributed by atoms with Crippen LogP contribution in [0.4, 0.5) is 10.1 Å². The Morgan fingerprint density at radius 2 is 1.85 bits per heavy atom. The number of rotatable bonds is 3. The molecule has 2 aromatic carbocycles. The second kappa shape index (κ2) is 6.44. The van der Waals surface area contributed by atoms with E-state index in [1.165, 1.54) is 26.4 Å². The molecule has 0 unspecified atom stereocenters. The van der Waals surface area contributed by atoms with Crippen molar-refractivity contribution in [3.05, 3.63) is 47.3 Å². The third kappa shape index (κ3) is 2.92. The van der Waals surface area contributed by atoms with Crippen LogP contribution in [0.1, 0.15) is 29.8 Å². The lowest BCUT2D eigenvalue weighted by Gasteiger charge is -2.33. The van der Waals surface area contributed by atoms with Crippen LogP contribution < -0.4 is 10.1 Å². The van der Waals surface area contributed by atoms with Gasteiger partial charge in [-0.1, -0.05) is 6.07 Å². The number of methoxy groups -OCH3 is 2. The van der Waals surface area contributed by atoms with Crippen molar-refractivity contribution < 1.29 is 23.5 Å². The standard InChI is InChI=1S/C20H20FNO4/c1-20(2)17(23)10-14-15(22-20)8-7-13(18(14)19(24)26-4)12-6-5-11(21)9-16(12)25-3/h5-9,22H,10H2,1-4H3. The lowest BCUT2D eigenvalue weighted by molar-refractivity contribution is -0.122. The fourth-order valence-electron chi connectivity index (χ4n) is 3.18. The van der Waals surface area contributed by atoms with Gasteiger partial charge in [-0.25, -0.2) is 9.18 Å². The lowest BCUT2D eigenvalue weighted by Crippen LogP contribution is -2.45. The SMILES string of the molecule is COC(=O)c1c(-c2ccc(F)cc2OC)ccc2c1CC(=O)C(C)(C)N2. The van der Waals surface area contributed by atoms with E-state index in [0.29, 0.717) is 28.1 Å². The normalized spacial score (nSPS) is 15.0. The van der Waals surface area contributed by atoms with E-state index in [0.717, 1.165) is 0 Å². The molecule has 0 radical (unpaired) electrons. The smallest absolute Gasteiger partial charge is 0.338 e. The molecule has 0 amide bonds. The van der Waals surface area contributed by atoms with Crippen molar-refractivity contribution in [2.75, 3.05) is 19.5 Å². The molecule has 0 atom stereocenters. The van der Waals surface area contributed by atoms with E-state index in [1.54, 1.807) is 26.0 Å². The largest absolute Gasteiger partial charge is 0.496 e. The predicted octanol–water partition coefficient (Wildman–Crippen LogP) is 3.60. The van der Waals surface area contributed by atoms with Crippen LogP contribution in [0.5, 0.6) is 5.75 Å². The third-order valence-electron chi connectivity index (χ3n) is 4.64. The van der Waals surface area contributed by atoms with Gasteiger partial charge in [0.15, 0.2) is 5.78 Å². The summed E-state index contributed by atoms with van der Waals surface area (Å²) in [5, 5.41) is 3.17. The molecule has 1 heterocycles. The van der Waals surface area contributed by atoms with Crippen LogP contribution in [0, 0.1) is 5.82 Å². The average molecular weight is 357 g/mol. The highest BCUT2D eigenvalue weighted by Gasteiger charge is 2.36.